The molecule has 136 valence electrons. The van der Waals surface area contributed by atoms with Gasteiger partial charge in [-0.05, 0) is 36.4 Å². The van der Waals surface area contributed by atoms with Crippen molar-refractivity contribution in [3.63, 3.8) is 0 Å². The van der Waals surface area contributed by atoms with Crippen LogP contribution in [-0.2, 0) is 0 Å². The van der Waals surface area contributed by atoms with Gasteiger partial charge in [0.25, 0.3) is 0 Å². The van der Waals surface area contributed by atoms with E-state index in [1.165, 1.54) is 5.69 Å². The molecule has 2 aliphatic rings. The summed E-state index contributed by atoms with van der Waals surface area (Å²) in [6, 6.07) is 11.9. The number of carbonyl (C=O) groups excluding carboxylic acids is 1. The Morgan fingerprint density at radius 2 is 1.65 bits per heavy atom. The zero-order chi connectivity index (χ0) is 17.9. The third-order valence-electron chi connectivity index (χ3n) is 4.76. The van der Waals surface area contributed by atoms with Gasteiger partial charge in [0.05, 0.1) is 25.7 Å². The maximum absolute atomic E-state index is 11.7. The van der Waals surface area contributed by atoms with Gasteiger partial charge in [-0.2, -0.15) is 0 Å². The second kappa shape index (κ2) is 7.09. The van der Waals surface area contributed by atoms with E-state index in [4.69, 9.17) is 4.74 Å². The third kappa shape index (κ3) is 3.23. The fraction of sp³-hybridized carbons (Fsp3) is 0.333. The number of hydrazine groups is 1. The minimum absolute atomic E-state index is 0.160. The molecule has 2 amide bonds. The van der Waals surface area contributed by atoms with E-state index >= 15 is 0 Å². The molecule has 0 unspecified atom stereocenters. The number of piperazine rings is 1. The smallest absolute Gasteiger partial charge is 0.337 e. The molecule has 8 heteroatoms. The van der Waals surface area contributed by atoms with Crippen LogP contribution >= 0.6 is 0 Å². The Labute approximate surface area is 152 Å². The number of pyridine rings is 1. The lowest BCUT2D eigenvalue weighted by molar-refractivity contribution is 0.250. The molecule has 0 aliphatic carbocycles. The molecule has 2 aromatic rings. The topological polar surface area (TPSA) is 73.0 Å². The fourth-order valence-corrected chi connectivity index (χ4v) is 3.25. The summed E-state index contributed by atoms with van der Waals surface area (Å²) in [4.78, 5) is 22.5. The van der Waals surface area contributed by atoms with Crippen LogP contribution in [0.1, 0.15) is 0 Å². The Balaban J connectivity index is 1.37. The quantitative estimate of drug-likeness (QED) is 0.865. The minimum atomic E-state index is -0.160. The highest BCUT2D eigenvalue weighted by Gasteiger charge is 2.22. The Morgan fingerprint density at radius 1 is 0.962 bits per heavy atom. The summed E-state index contributed by atoms with van der Waals surface area (Å²) in [6.45, 7) is 4.14. The van der Waals surface area contributed by atoms with E-state index in [0.717, 1.165) is 43.4 Å². The van der Waals surface area contributed by atoms with Crippen molar-refractivity contribution in [3.8, 4) is 5.75 Å². The fourth-order valence-electron chi connectivity index (χ4n) is 3.25. The van der Waals surface area contributed by atoms with Gasteiger partial charge in [-0.1, -0.05) is 0 Å². The normalized spacial score (nSPS) is 17.4. The van der Waals surface area contributed by atoms with Gasteiger partial charge < -0.3 is 14.5 Å². The molecule has 0 saturated carbocycles. The zero-order valence-electron chi connectivity index (χ0n) is 14.7. The lowest BCUT2D eigenvalue weighted by atomic mass is 10.2. The van der Waals surface area contributed by atoms with Gasteiger partial charge in [-0.3, -0.25) is 10.3 Å². The van der Waals surface area contributed by atoms with E-state index in [1.807, 2.05) is 24.3 Å². The zero-order valence-corrected chi connectivity index (χ0v) is 14.7. The van der Waals surface area contributed by atoms with E-state index < -0.39 is 0 Å². The number of rotatable bonds is 4. The maximum atomic E-state index is 11.7. The molecule has 0 radical (unpaired) electrons. The van der Waals surface area contributed by atoms with Crippen molar-refractivity contribution >= 4 is 23.2 Å². The van der Waals surface area contributed by atoms with Crippen LogP contribution in [0.3, 0.4) is 0 Å². The van der Waals surface area contributed by atoms with Crippen molar-refractivity contribution in [2.45, 2.75) is 0 Å². The van der Waals surface area contributed by atoms with Crippen LogP contribution in [0.4, 0.5) is 22.0 Å². The highest BCUT2D eigenvalue weighted by molar-refractivity contribution is 5.93. The number of nitrogens with one attached hydrogen (secondary N) is 2. The molecule has 1 aromatic heterocycles. The van der Waals surface area contributed by atoms with Gasteiger partial charge in [-0.25, -0.2) is 15.2 Å². The van der Waals surface area contributed by atoms with Crippen LogP contribution < -0.4 is 30.3 Å². The third-order valence-corrected chi connectivity index (χ3v) is 4.76. The average molecular weight is 354 g/mol. The van der Waals surface area contributed by atoms with Crippen LogP contribution in [0.15, 0.2) is 42.6 Å². The monoisotopic (exact) mass is 354 g/mol. The van der Waals surface area contributed by atoms with Crippen LogP contribution in [-0.4, -0.2) is 51.0 Å². The molecule has 1 aromatic carbocycles. The number of ether oxygens (including phenoxy) is 1. The predicted molar refractivity (Wildman–Crippen MR) is 101 cm³/mol. The van der Waals surface area contributed by atoms with Crippen molar-refractivity contribution < 1.29 is 9.53 Å². The molecule has 2 fully saturated rings. The number of benzene rings is 1. The summed E-state index contributed by atoms with van der Waals surface area (Å²) < 4.78 is 5.22. The SMILES string of the molecule is COc1ccc(N2CCN(c3ccc(N4CNNC4=O)cn3)CC2)cc1. The highest BCUT2D eigenvalue weighted by Crippen LogP contribution is 2.23. The number of anilines is 3. The number of nitrogens with zero attached hydrogens (tertiary/aromatic N) is 4. The lowest BCUT2D eigenvalue weighted by Crippen LogP contribution is -2.46. The standard InChI is InChI=1S/C18H22N6O2/c1-26-16-5-2-14(3-6-16)22-8-10-23(11-9-22)17-7-4-15(12-19-17)24-13-20-21-18(24)25/h2-7,12,20H,8-11,13H2,1H3,(H,21,25). The van der Waals surface area contributed by atoms with E-state index in [0.29, 0.717) is 6.67 Å². The Kier molecular flexibility index (Phi) is 4.49. The number of amides is 2. The molecule has 2 N–H and O–H groups in total. The first-order chi connectivity index (χ1) is 12.7. The van der Waals surface area contributed by atoms with Crippen molar-refractivity contribution in [2.75, 3.05) is 54.7 Å². The molecule has 0 spiro atoms. The summed E-state index contributed by atoms with van der Waals surface area (Å²) >= 11 is 0. The first-order valence-electron chi connectivity index (χ1n) is 8.65. The number of hydrogen-bond acceptors (Lipinski definition) is 6. The first-order valence-corrected chi connectivity index (χ1v) is 8.65. The summed E-state index contributed by atoms with van der Waals surface area (Å²) in [6.07, 6.45) is 1.75. The van der Waals surface area contributed by atoms with Crippen LogP contribution in [0, 0.1) is 0 Å². The van der Waals surface area contributed by atoms with Crippen molar-refractivity contribution in [1.29, 1.82) is 0 Å². The predicted octanol–water partition coefficient (Wildman–Crippen LogP) is 1.41. The van der Waals surface area contributed by atoms with Crippen LogP contribution in [0.2, 0.25) is 0 Å². The molecule has 3 heterocycles. The van der Waals surface area contributed by atoms with Gasteiger partial charge in [0.15, 0.2) is 0 Å². The Morgan fingerprint density at radius 3 is 2.23 bits per heavy atom. The summed E-state index contributed by atoms with van der Waals surface area (Å²) in [7, 11) is 1.68. The van der Waals surface area contributed by atoms with Gasteiger partial charge in [0.1, 0.15) is 11.6 Å². The Hall–Kier alpha value is -3.00. The molecule has 0 bridgehead atoms. The highest BCUT2D eigenvalue weighted by atomic mass is 16.5. The second-order valence-electron chi connectivity index (χ2n) is 6.24. The number of hydrogen-bond donors (Lipinski definition) is 2. The number of methoxy groups -OCH3 is 1. The summed E-state index contributed by atoms with van der Waals surface area (Å²) in [5.41, 5.74) is 7.35. The molecular weight excluding hydrogens is 332 g/mol. The average Bonchev–Trinajstić information content (AvgIpc) is 3.14. The van der Waals surface area contributed by atoms with E-state index in [-0.39, 0.29) is 6.03 Å². The van der Waals surface area contributed by atoms with Gasteiger partial charge in [0.2, 0.25) is 0 Å². The Bertz CT molecular complexity index is 756. The van der Waals surface area contributed by atoms with Crippen molar-refractivity contribution in [2.24, 2.45) is 0 Å². The van der Waals surface area contributed by atoms with Gasteiger partial charge in [-0.15, -0.1) is 0 Å². The van der Waals surface area contributed by atoms with Crippen molar-refractivity contribution in [1.82, 2.24) is 15.8 Å². The van der Waals surface area contributed by atoms with E-state index in [1.54, 1.807) is 18.2 Å². The largest absolute Gasteiger partial charge is 0.497 e. The van der Waals surface area contributed by atoms with E-state index in [2.05, 4.69) is 37.8 Å². The van der Waals surface area contributed by atoms with E-state index in [9.17, 15) is 4.79 Å². The maximum Gasteiger partial charge on any atom is 0.337 e. The molecule has 0 atom stereocenters. The van der Waals surface area contributed by atoms with Crippen LogP contribution in [0.25, 0.3) is 0 Å². The molecular formula is C18H22N6O2. The first kappa shape index (κ1) is 16.5. The minimum Gasteiger partial charge on any atom is -0.497 e. The van der Waals surface area contributed by atoms with Crippen molar-refractivity contribution in [3.05, 3.63) is 42.6 Å². The number of aromatic nitrogens is 1. The van der Waals surface area contributed by atoms with Gasteiger partial charge >= 0.3 is 6.03 Å². The number of urea groups is 1. The number of carbonyl (C=O) groups is 1. The second-order valence-corrected chi connectivity index (χ2v) is 6.24. The van der Waals surface area contributed by atoms with Crippen LogP contribution in [0.5, 0.6) is 5.75 Å². The lowest BCUT2D eigenvalue weighted by Gasteiger charge is -2.36. The molecule has 2 aliphatic heterocycles. The molecule has 4 rings (SSSR count). The summed E-state index contributed by atoms with van der Waals surface area (Å²) in [5.74, 6) is 1.81. The van der Waals surface area contributed by atoms with Gasteiger partial charge in [0, 0.05) is 31.9 Å². The molecule has 2 saturated heterocycles. The molecule has 8 nitrogen and oxygen atoms in total. The molecule has 26 heavy (non-hydrogen) atoms. The summed E-state index contributed by atoms with van der Waals surface area (Å²) in [5, 5.41) is 0.